The van der Waals surface area contributed by atoms with E-state index in [1.807, 2.05) is 23.5 Å². The summed E-state index contributed by atoms with van der Waals surface area (Å²) in [6.45, 7) is 6.64. The average Bonchev–Trinajstić information content (AvgIpc) is 3.20. The van der Waals surface area contributed by atoms with Crippen LogP contribution in [0.2, 0.25) is 0 Å². The van der Waals surface area contributed by atoms with Crippen molar-refractivity contribution in [3.63, 3.8) is 0 Å². The average molecular weight is 337 g/mol. The summed E-state index contributed by atoms with van der Waals surface area (Å²) in [6, 6.07) is 15.5. The molecule has 2 unspecified atom stereocenters. The highest BCUT2D eigenvalue weighted by Crippen LogP contribution is 2.37. The first-order chi connectivity index (χ1) is 11.7. The zero-order valence-corrected chi connectivity index (χ0v) is 14.9. The molecule has 1 aromatic heterocycles. The Hall–Kier alpha value is -1.83. The van der Waals surface area contributed by atoms with Crippen molar-refractivity contribution >= 4 is 17.0 Å². The van der Waals surface area contributed by atoms with E-state index in [2.05, 4.69) is 47.1 Å². The number of thiophene rings is 1. The first-order valence-corrected chi connectivity index (χ1v) is 9.59. The number of hydrogen-bond acceptors (Lipinski definition) is 4. The number of para-hydroxylation sites is 1. The minimum absolute atomic E-state index is 0.550. The van der Waals surface area contributed by atoms with E-state index in [0.717, 1.165) is 36.8 Å². The van der Waals surface area contributed by atoms with Crippen LogP contribution in [0.5, 0.6) is 0 Å². The van der Waals surface area contributed by atoms with Crippen molar-refractivity contribution in [3.05, 3.63) is 51.7 Å². The van der Waals surface area contributed by atoms with Gasteiger partial charge in [-0.25, -0.2) is 0 Å². The van der Waals surface area contributed by atoms with Crippen LogP contribution in [0.15, 0.2) is 36.4 Å². The van der Waals surface area contributed by atoms with E-state index >= 15 is 0 Å². The number of nitrogens with zero attached hydrogens (tertiary/aromatic N) is 3. The molecule has 4 heteroatoms. The first kappa shape index (κ1) is 15.7. The van der Waals surface area contributed by atoms with Gasteiger partial charge in [0.15, 0.2) is 0 Å². The highest BCUT2D eigenvalue weighted by molar-refractivity contribution is 7.11. The minimum Gasteiger partial charge on any atom is -0.366 e. The minimum atomic E-state index is 0.550. The Kier molecular flexibility index (Phi) is 4.30. The van der Waals surface area contributed by atoms with Gasteiger partial charge < -0.3 is 4.90 Å². The molecule has 0 bridgehead atoms. The quantitative estimate of drug-likeness (QED) is 0.847. The molecule has 2 aliphatic heterocycles. The van der Waals surface area contributed by atoms with Crippen molar-refractivity contribution in [2.75, 3.05) is 24.5 Å². The van der Waals surface area contributed by atoms with E-state index in [1.54, 1.807) is 0 Å². The second-order valence-corrected chi connectivity index (χ2v) is 8.35. The molecular formula is C20H23N3S. The molecule has 2 saturated heterocycles. The number of hydrogen-bond donors (Lipinski definition) is 0. The van der Waals surface area contributed by atoms with Crippen molar-refractivity contribution in [2.45, 2.75) is 32.4 Å². The fourth-order valence-electron chi connectivity index (χ4n) is 4.26. The normalized spacial score (nSPS) is 23.9. The van der Waals surface area contributed by atoms with Crippen LogP contribution >= 0.6 is 11.3 Å². The third-order valence-electron chi connectivity index (χ3n) is 5.46. The molecule has 0 saturated carbocycles. The Balaban J connectivity index is 1.52. The summed E-state index contributed by atoms with van der Waals surface area (Å²) in [5.41, 5.74) is 1.94. The number of fused-ring (bicyclic) bond motifs is 1. The maximum atomic E-state index is 9.44. The molecule has 2 fully saturated rings. The lowest BCUT2D eigenvalue weighted by Gasteiger charge is -2.39. The fraction of sp³-hybridized carbons (Fsp3) is 0.450. The van der Waals surface area contributed by atoms with Crippen LogP contribution in [0.1, 0.15) is 28.2 Å². The van der Waals surface area contributed by atoms with Gasteiger partial charge in [0.25, 0.3) is 0 Å². The largest absolute Gasteiger partial charge is 0.366 e. The fourth-order valence-corrected chi connectivity index (χ4v) is 5.19. The third-order valence-corrected chi connectivity index (χ3v) is 6.44. The summed E-state index contributed by atoms with van der Waals surface area (Å²) in [5, 5.41) is 9.44. The van der Waals surface area contributed by atoms with Crippen molar-refractivity contribution in [3.8, 4) is 6.07 Å². The first-order valence-electron chi connectivity index (χ1n) is 8.78. The van der Waals surface area contributed by atoms with Crippen LogP contribution in [-0.2, 0) is 6.54 Å². The van der Waals surface area contributed by atoms with Crippen LogP contribution in [0.3, 0.4) is 0 Å². The van der Waals surface area contributed by atoms with Crippen LogP contribution in [0.25, 0.3) is 0 Å². The van der Waals surface area contributed by atoms with Gasteiger partial charge in [-0.1, -0.05) is 12.1 Å². The van der Waals surface area contributed by atoms with Crippen molar-refractivity contribution in [1.82, 2.24) is 4.90 Å². The maximum absolute atomic E-state index is 9.44. The maximum Gasteiger partial charge on any atom is 0.101 e. The van der Waals surface area contributed by atoms with Crippen LogP contribution in [0, 0.1) is 24.2 Å². The number of nitriles is 1. The Morgan fingerprint density at radius 1 is 1.17 bits per heavy atom. The molecule has 0 spiro atoms. The van der Waals surface area contributed by atoms with Gasteiger partial charge in [-0.3, -0.25) is 4.90 Å². The molecule has 124 valence electrons. The number of benzene rings is 1. The van der Waals surface area contributed by atoms with E-state index in [0.29, 0.717) is 6.04 Å². The monoisotopic (exact) mass is 337 g/mol. The second kappa shape index (κ2) is 6.58. The summed E-state index contributed by atoms with van der Waals surface area (Å²) in [4.78, 5) is 7.95. The van der Waals surface area contributed by atoms with Crippen molar-refractivity contribution < 1.29 is 0 Å². The molecule has 24 heavy (non-hydrogen) atoms. The molecule has 1 aromatic carbocycles. The highest BCUT2D eigenvalue weighted by Gasteiger charge is 2.39. The van der Waals surface area contributed by atoms with Crippen molar-refractivity contribution in [1.29, 1.82) is 5.26 Å². The lowest BCUT2D eigenvalue weighted by molar-refractivity contribution is 0.169. The summed E-state index contributed by atoms with van der Waals surface area (Å²) >= 11 is 1.91. The molecule has 3 nitrogen and oxygen atoms in total. The third kappa shape index (κ3) is 2.94. The number of piperidine rings is 1. The zero-order valence-electron chi connectivity index (χ0n) is 14.1. The molecule has 0 amide bonds. The molecule has 3 heterocycles. The van der Waals surface area contributed by atoms with Gasteiger partial charge in [-0.05, 0) is 56.5 Å². The van der Waals surface area contributed by atoms with Gasteiger partial charge in [0, 0.05) is 35.4 Å². The Labute approximate surface area is 148 Å². The van der Waals surface area contributed by atoms with Gasteiger partial charge >= 0.3 is 0 Å². The molecule has 2 aliphatic rings. The summed E-state index contributed by atoms with van der Waals surface area (Å²) in [7, 11) is 0. The molecule has 0 N–H and O–H groups in total. The Morgan fingerprint density at radius 3 is 2.79 bits per heavy atom. The number of anilines is 1. The lowest BCUT2D eigenvalue weighted by atomic mass is 9.92. The second-order valence-electron chi connectivity index (χ2n) is 6.97. The molecule has 0 radical (unpaired) electrons. The van der Waals surface area contributed by atoms with Crippen LogP contribution in [0.4, 0.5) is 5.69 Å². The van der Waals surface area contributed by atoms with Gasteiger partial charge in [0.05, 0.1) is 11.3 Å². The summed E-state index contributed by atoms with van der Waals surface area (Å²) < 4.78 is 0. The van der Waals surface area contributed by atoms with E-state index in [1.165, 1.54) is 29.1 Å². The molecular weight excluding hydrogens is 314 g/mol. The topological polar surface area (TPSA) is 30.3 Å². The predicted molar refractivity (Wildman–Crippen MR) is 99.3 cm³/mol. The van der Waals surface area contributed by atoms with E-state index in [4.69, 9.17) is 0 Å². The zero-order chi connectivity index (χ0) is 16.5. The number of aryl methyl sites for hydroxylation is 1. The molecule has 4 rings (SSSR count). The lowest BCUT2D eigenvalue weighted by Crippen LogP contribution is -2.48. The Bertz CT molecular complexity index is 760. The van der Waals surface area contributed by atoms with Crippen LogP contribution in [-0.4, -0.2) is 30.6 Å². The number of likely N-dealkylation sites (tertiary alicyclic amines) is 1. The number of rotatable bonds is 3. The highest BCUT2D eigenvalue weighted by atomic mass is 32.1. The SMILES string of the molecule is Cc1ccc(CN2CCC3CCN(c4ccccc4C#N)C3C2)s1. The van der Waals surface area contributed by atoms with Crippen LogP contribution < -0.4 is 4.90 Å². The van der Waals surface area contributed by atoms with Gasteiger partial charge in [0.1, 0.15) is 6.07 Å². The smallest absolute Gasteiger partial charge is 0.101 e. The molecule has 0 aliphatic carbocycles. The van der Waals surface area contributed by atoms with E-state index in [9.17, 15) is 5.26 Å². The standard InChI is InChI=1S/C20H23N3S/c1-15-6-7-18(24-15)13-22-10-8-16-9-11-23(20(16)14-22)19-5-3-2-4-17(19)12-21/h2-7,16,20H,8-11,13-14H2,1H3. The summed E-state index contributed by atoms with van der Waals surface area (Å²) in [5.74, 6) is 0.776. The van der Waals surface area contributed by atoms with Gasteiger partial charge in [0.2, 0.25) is 0 Å². The van der Waals surface area contributed by atoms with E-state index < -0.39 is 0 Å². The Morgan fingerprint density at radius 2 is 2.00 bits per heavy atom. The molecule has 2 atom stereocenters. The van der Waals surface area contributed by atoms with E-state index in [-0.39, 0.29) is 0 Å². The molecule has 2 aromatic rings. The van der Waals surface area contributed by atoms with Crippen molar-refractivity contribution in [2.24, 2.45) is 5.92 Å². The van der Waals surface area contributed by atoms with Gasteiger partial charge in [-0.2, -0.15) is 5.26 Å². The predicted octanol–water partition coefficient (Wildman–Crippen LogP) is 4.03. The summed E-state index contributed by atoms with van der Waals surface area (Å²) in [6.07, 6.45) is 2.54. The van der Waals surface area contributed by atoms with Gasteiger partial charge in [-0.15, -0.1) is 11.3 Å².